The fourth-order valence-electron chi connectivity index (χ4n) is 2.65. The summed E-state index contributed by atoms with van der Waals surface area (Å²) in [5.41, 5.74) is 1.34. The van der Waals surface area contributed by atoms with Gasteiger partial charge >= 0.3 is 0 Å². The lowest BCUT2D eigenvalue weighted by molar-refractivity contribution is -0.384. The summed E-state index contributed by atoms with van der Waals surface area (Å²) in [5.74, 6) is -0.457. The third kappa shape index (κ3) is 6.39. The van der Waals surface area contributed by atoms with E-state index in [-0.39, 0.29) is 37.0 Å². The van der Waals surface area contributed by atoms with Gasteiger partial charge in [0.15, 0.2) is 0 Å². The molecular weight excluding hydrogens is 360 g/mol. The van der Waals surface area contributed by atoms with Gasteiger partial charge in [0, 0.05) is 32.1 Å². The van der Waals surface area contributed by atoms with E-state index in [0.717, 1.165) is 5.56 Å². The number of benzene rings is 2. The van der Waals surface area contributed by atoms with Gasteiger partial charge in [-0.05, 0) is 18.6 Å². The molecule has 0 radical (unpaired) electrons. The lowest BCUT2D eigenvalue weighted by Gasteiger charge is -2.21. The van der Waals surface area contributed by atoms with Gasteiger partial charge in [0.05, 0.1) is 11.5 Å². The lowest BCUT2D eigenvalue weighted by atomic mass is 10.2. The van der Waals surface area contributed by atoms with Gasteiger partial charge in [-0.1, -0.05) is 42.5 Å². The zero-order valence-corrected chi connectivity index (χ0v) is 15.8. The molecule has 2 N–H and O–H groups in total. The van der Waals surface area contributed by atoms with Gasteiger partial charge < -0.3 is 15.5 Å². The molecule has 0 aromatic heterocycles. The average molecular weight is 384 g/mol. The molecule has 0 aliphatic heterocycles. The van der Waals surface area contributed by atoms with Gasteiger partial charge in [-0.2, -0.15) is 0 Å². The molecule has 0 aliphatic rings. The van der Waals surface area contributed by atoms with Crippen LogP contribution in [-0.2, 0) is 16.1 Å². The number of nitro groups is 1. The van der Waals surface area contributed by atoms with Gasteiger partial charge in [-0.25, -0.2) is 0 Å². The van der Waals surface area contributed by atoms with Crippen molar-refractivity contribution in [2.75, 3.05) is 25.0 Å². The van der Waals surface area contributed by atoms with Crippen LogP contribution in [0, 0.1) is 10.1 Å². The number of nitro benzene ring substituents is 1. The molecule has 2 aromatic rings. The zero-order valence-electron chi connectivity index (χ0n) is 15.8. The SMILES string of the molecule is CCN(Cc1ccccc1)C(=O)CNC(=O)CCNc1ccccc1[N+](=O)[O-]. The van der Waals surface area contributed by atoms with Crippen LogP contribution in [0.4, 0.5) is 11.4 Å². The van der Waals surface area contributed by atoms with Crippen molar-refractivity contribution < 1.29 is 14.5 Å². The summed E-state index contributed by atoms with van der Waals surface area (Å²) in [4.78, 5) is 36.4. The van der Waals surface area contributed by atoms with Crippen molar-refractivity contribution in [2.45, 2.75) is 19.9 Å². The van der Waals surface area contributed by atoms with E-state index >= 15 is 0 Å². The van der Waals surface area contributed by atoms with Crippen LogP contribution in [-0.4, -0.2) is 41.3 Å². The summed E-state index contributed by atoms with van der Waals surface area (Å²) in [6, 6.07) is 15.9. The van der Waals surface area contributed by atoms with Crippen molar-refractivity contribution in [1.29, 1.82) is 0 Å². The molecule has 0 heterocycles. The summed E-state index contributed by atoms with van der Waals surface area (Å²) in [6.45, 7) is 3.07. The first-order valence-corrected chi connectivity index (χ1v) is 9.07. The molecule has 2 aromatic carbocycles. The van der Waals surface area contributed by atoms with E-state index < -0.39 is 4.92 Å². The summed E-state index contributed by atoms with van der Waals surface area (Å²) in [6.07, 6.45) is 0.101. The standard InChI is InChI=1S/C20H24N4O4/c1-2-23(15-16-8-4-3-5-9-16)20(26)14-22-19(25)12-13-21-17-10-6-7-11-18(17)24(27)28/h3-11,21H,2,12-15H2,1H3,(H,22,25). The smallest absolute Gasteiger partial charge is 0.292 e. The Bertz CT molecular complexity index is 811. The number of rotatable bonds is 10. The molecular formula is C20H24N4O4. The van der Waals surface area contributed by atoms with Crippen molar-refractivity contribution >= 4 is 23.2 Å². The minimum absolute atomic E-state index is 0.0439. The summed E-state index contributed by atoms with van der Waals surface area (Å²) >= 11 is 0. The zero-order chi connectivity index (χ0) is 20.4. The van der Waals surface area contributed by atoms with Gasteiger partial charge in [0.2, 0.25) is 11.8 Å². The molecule has 148 valence electrons. The summed E-state index contributed by atoms with van der Waals surface area (Å²) in [7, 11) is 0. The molecule has 8 nitrogen and oxygen atoms in total. The molecule has 0 saturated heterocycles. The predicted octanol–water partition coefficient (Wildman–Crippen LogP) is 2.56. The highest BCUT2D eigenvalue weighted by Gasteiger charge is 2.14. The number of amides is 2. The molecule has 0 bridgehead atoms. The Kier molecular flexibility index (Phi) is 7.95. The quantitative estimate of drug-likeness (QED) is 0.484. The van der Waals surface area contributed by atoms with E-state index in [2.05, 4.69) is 10.6 Å². The normalized spacial score (nSPS) is 10.2. The Morgan fingerprint density at radius 2 is 1.75 bits per heavy atom. The Balaban J connectivity index is 1.75. The fourth-order valence-corrected chi connectivity index (χ4v) is 2.65. The van der Waals surface area contributed by atoms with E-state index in [4.69, 9.17) is 0 Å². The number of hydrogen-bond acceptors (Lipinski definition) is 5. The topological polar surface area (TPSA) is 105 Å². The highest BCUT2D eigenvalue weighted by atomic mass is 16.6. The van der Waals surface area contributed by atoms with Crippen LogP contribution in [0.5, 0.6) is 0 Å². The van der Waals surface area contributed by atoms with Crippen molar-refractivity contribution in [3.8, 4) is 0 Å². The van der Waals surface area contributed by atoms with Crippen molar-refractivity contribution in [3.63, 3.8) is 0 Å². The molecule has 2 amide bonds. The first-order chi connectivity index (χ1) is 13.5. The van der Waals surface area contributed by atoms with Crippen LogP contribution in [0.1, 0.15) is 18.9 Å². The van der Waals surface area contributed by atoms with Crippen molar-refractivity contribution in [1.82, 2.24) is 10.2 Å². The third-order valence-electron chi connectivity index (χ3n) is 4.16. The van der Waals surface area contributed by atoms with Crippen molar-refractivity contribution in [3.05, 3.63) is 70.3 Å². The maximum absolute atomic E-state index is 12.3. The van der Waals surface area contributed by atoms with Crippen LogP contribution < -0.4 is 10.6 Å². The molecule has 8 heteroatoms. The van der Waals surface area contributed by atoms with Crippen LogP contribution >= 0.6 is 0 Å². The van der Waals surface area contributed by atoms with E-state index in [1.807, 2.05) is 37.3 Å². The Labute approximate surface area is 163 Å². The molecule has 2 rings (SSSR count). The van der Waals surface area contributed by atoms with Gasteiger partial charge in [0.1, 0.15) is 5.69 Å². The van der Waals surface area contributed by atoms with Gasteiger partial charge in [-0.3, -0.25) is 19.7 Å². The number of nitrogens with zero attached hydrogens (tertiary/aromatic N) is 2. The predicted molar refractivity (Wildman–Crippen MR) is 107 cm³/mol. The average Bonchev–Trinajstić information content (AvgIpc) is 2.71. The highest BCUT2D eigenvalue weighted by Crippen LogP contribution is 2.22. The van der Waals surface area contributed by atoms with Crippen LogP contribution in [0.25, 0.3) is 0 Å². The maximum atomic E-state index is 12.3. The number of likely N-dealkylation sites (N-methyl/N-ethyl adjacent to an activating group) is 1. The fraction of sp³-hybridized carbons (Fsp3) is 0.300. The number of carbonyl (C=O) groups is 2. The van der Waals surface area contributed by atoms with E-state index in [9.17, 15) is 19.7 Å². The summed E-state index contributed by atoms with van der Waals surface area (Å²) < 4.78 is 0. The second-order valence-electron chi connectivity index (χ2n) is 6.12. The van der Waals surface area contributed by atoms with Gasteiger partial charge in [0.25, 0.3) is 5.69 Å². The molecule has 0 saturated carbocycles. The van der Waals surface area contributed by atoms with Crippen LogP contribution in [0.15, 0.2) is 54.6 Å². The number of hydrogen-bond donors (Lipinski definition) is 2. The molecule has 0 atom stereocenters. The van der Waals surface area contributed by atoms with Crippen molar-refractivity contribution in [2.24, 2.45) is 0 Å². The highest BCUT2D eigenvalue weighted by molar-refractivity contribution is 5.85. The van der Waals surface area contributed by atoms with E-state index in [1.54, 1.807) is 23.1 Å². The van der Waals surface area contributed by atoms with E-state index in [1.165, 1.54) is 6.07 Å². The summed E-state index contributed by atoms with van der Waals surface area (Å²) in [5, 5.41) is 16.4. The number of nitrogens with one attached hydrogen (secondary N) is 2. The Morgan fingerprint density at radius 3 is 2.43 bits per heavy atom. The molecule has 0 fully saturated rings. The maximum Gasteiger partial charge on any atom is 0.292 e. The van der Waals surface area contributed by atoms with E-state index in [0.29, 0.717) is 18.8 Å². The third-order valence-corrected chi connectivity index (χ3v) is 4.16. The minimum atomic E-state index is -0.479. The number of anilines is 1. The first kappa shape index (κ1) is 20.9. The molecule has 0 spiro atoms. The second kappa shape index (κ2) is 10.7. The Hall–Kier alpha value is -3.42. The largest absolute Gasteiger partial charge is 0.379 e. The van der Waals surface area contributed by atoms with Crippen LogP contribution in [0.2, 0.25) is 0 Å². The van der Waals surface area contributed by atoms with Gasteiger partial charge in [-0.15, -0.1) is 0 Å². The first-order valence-electron chi connectivity index (χ1n) is 9.07. The minimum Gasteiger partial charge on any atom is -0.379 e. The Morgan fingerprint density at radius 1 is 1.07 bits per heavy atom. The monoisotopic (exact) mass is 384 g/mol. The number of carbonyl (C=O) groups excluding carboxylic acids is 2. The lowest BCUT2D eigenvalue weighted by Crippen LogP contribution is -2.40. The molecule has 28 heavy (non-hydrogen) atoms. The van der Waals surface area contributed by atoms with Crippen LogP contribution in [0.3, 0.4) is 0 Å². The molecule has 0 unspecified atom stereocenters. The second-order valence-corrected chi connectivity index (χ2v) is 6.12. The molecule has 0 aliphatic carbocycles. The number of para-hydroxylation sites is 2.